The number of likely N-dealkylation sites (N-methyl/N-ethyl adjacent to an activating group) is 1. The van der Waals surface area contributed by atoms with Crippen molar-refractivity contribution >= 4 is 0 Å². The summed E-state index contributed by atoms with van der Waals surface area (Å²) in [4.78, 5) is 9.54. The molecule has 2 fully saturated rings. The molecule has 0 saturated carbocycles. The number of aromatic nitrogens is 2. The molecule has 6 nitrogen and oxygen atoms in total. The number of nitrogens with zero attached hydrogens (tertiary/aromatic N) is 4. The second-order valence-corrected chi connectivity index (χ2v) is 8.04. The molecular weight excluding hydrogens is 340 g/mol. The molecule has 0 radical (unpaired) electrons. The van der Waals surface area contributed by atoms with Crippen molar-refractivity contribution in [2.75, 3.05) is 40.4 Å². The number of methoxy groups -OCH3 is 1. The van der Waals surface area contributed by atoms with Gasteiger partial charge in [0.2, 0.25) is 5.89 Å². The van der Waals surface area contributed by atoms with Crippen molar-refractivity contribution in [1.29, 1.82) is 0 Å². The van der Waals surface area contributed by atoms with E-state index >= 15 is 0 Å². The first-order valence-electron chi connectivity index (χ1n) is 9.97. The second-order valence-electron chi connectivity index (χ2n) is 8.04. The van der Waals surface area contributed by atoms with Crippen LogP contribution in [0.5, 0.6) is 0 Å². The molecule has 1 atom stereocenters. The molecule has 0 aliphatic carbocycles. The van der Waals surface area contributed by atoms with Gasteiger partial charge < -0.3 is 9.26 Å². The summed E-state index contributed by atoms with van der Waals surface area (Å²) in [6.07, 6.45) is 4.38. The average molecular weight is 370 g/mol. The van der Waals surface area contributed by atoms with Gasteiger partial charge in [0.15, 0.2) is 5.82 Å². The summed E-state index contributed by atoms with van der Waals surface area (Å²) in [6, 6.07) is 11.0. The maximum absolute atomic E-state index is 5.41. The highest BCUT2D eigenvalue weighted by Crippen LogP contribution is 2.44. The van der Waals surface area contributed by atoms with Crippen LogP contribution in [0.4, 0.5) is 0 Å². The minimum Gasteiger partial charge on any atom is -0.384 e. The smallest absolute Gasteiger partial charge is 0.240 e. The highest BCUT2D eigenvalue weighted by Gasteiger charge is 2.45. The minimum atomic E-state index is 0.343. The molecule has 0 amide bonds. The van der Waals surface area contributed by atoms with Crippen LogP contribution in [-0.4, -0.2) is 65.9 Å². The Morgan fingerprint density at radius 1 is 1.22 bits per heavy atom. The molecule has 1 aromatic heterocycles. The molecule has 2 saturated heterocycles. The van der Waals surface area contributed by atoms with Gasteiger partial charge in [0, 0.05) is 38.7 Å². The van der Waals surface area contributed by atoms with E-state index in [-0.39, 0.29) is 0 Å². The number of likely N-dealkylation sites (tertiary alicyclic amines) is 2. The van der Waals surface area contributed by atoms with E-state index in [1.807, 2.05) is 0 Å². The number of rotatable bonds is 6. The fourth-order valence-corrected chi connectivity index (χ4v) is 4.71. The Labute approximate surface area is 161 Å². The van der Waals surface area contributed by atoms with Crippen LogP contribution in [0, 0.1) is 0 Å². The van der Waals surface area contributed by atoms with Crippen molar-refractivity contribution in [3.8, 4) is 0 Å². The van der Waals surface area contributed by atoms with Gasteiger partial charge in [-0.05, 0) is 37.8 Å². The van der Waals surface area contributed by atoms with Crippen LogP contribution >= 0.6 is 0 Å². The van der Waals surface area contributed by atoms with Crippen molar-refractivity contribution in [3.05, 3.63) is 47.6 Å². The Morgan fingerprint density at radius 2 is 2.00 bits per heavy atom. The van der Waals surface area contributed by atoms with Crippen LogP contribution in [0.3, 0.4) is 0 Å². The molecular formula is C21H30N4O2. The lowest BCUT2D eigenvalue weighted by Crippen LogP contribution is -2.50. The van der Waals surface area contributed by atoms with Crippen LogP contribution in [-0.2, 0) is 17.7 Å². The van der Waals surface area contributed by atoms with E-state index < -0.39 is 0 Å². The maximum atomic E-state index is 5.41. The Morgan fingerprint density at radius 3 is 2.74 bits per heavy atom. The van der Waals surface area contributed by atoms with Gasteiger partial charge in [-0.15, -0.1) is 0 Å². The van der Waals surface area contributed by atoms with Crippen molar-refractivity contribution in [3.63, 3.8) is 0 Å². The molecule has 1 spiro atoms. The van der Waals surface area contributed by atoms with E-state index in [1.54, 1.807) is 7.11 Å². The van der Waals surface area contributed by atoms with Gasteiger partial charge in [0.25, 0.3) is 0 Å². The number of piperidine rings is 1. The standard InChI is InChI=1S/C21H30N4O2/c1-24-15-18(17-6-4-3-5-7-17)14-21(24)9-11-25(12-10-21)16-20-22-19(23-27-20)8-13-26-2/h3-7,18H,8-16H2,1-2H3. The summed E-state index contributed by atoms with van der Waals surface area (Å²) in [6.45, 7) is 4.71. The minimum absolute atomic E-state index is 0.343. The molecule has 3 heterocycles. The predicted molar refractivity (Wildman–Crippen MR) is 104 cm³/mol. The number of ether oxygens (including phenoxy) is 1. The first-order chi connectivity index (χ1) is 13.2. The highest BCUT2D eigenvalue weighted by molar-refractivity contribution is 5.23. The van der Waals surface area contributed by atoms with E-state index in [0.717, 1.165) is 37.9 Å². The second kappa shape index (κ2) is 8.09. The summed E-state index contributed by atoms with van der Waals surface area (Å²) >= 11 is 0. The Hall–Kier alpha value is -1.76. The van der Waals surface area contributed by atoms with Crippen LogP contribution < -0.4 is 0 Å². The Balaban J connectivity index is 1.32. The molecule has 0 bridgehead atoms. The topological polar surface area (TPSA) is 54.6 Å². The SMILES string of the molecule is COCCc1noc(CN2CCC3(CC2)CC(c2ccccc2)CN3C)n1. The van der Waals surface area contributed by atoms with E-state index in [2.05, 4.69) is 57.3 Å². The molecule has 1 unspecified atom stereocenters. The Bertz CT molecular complexity index is 725. The van der Waals surface area contributed by atoms with Crippen LogP contribution in [0.25, 0.3) is 0 Å². The Kier molecular flexibility index (Phi) is 5.57. The maximum Gasteiger partial charge on any atom is 0.240 e. The molecule has 27 heavy (non-hydrogen) atoms. The third-order valence-corrected chi connectivity index (χ3v) is 6.39. The normalized spacial score (nSPS) is 23.3. The molecule has 6 heteroatoms. The number of hydrogen-bond donors (Lipinski definition) is 0. The highest BCUT2D eigenvalue weighted by atomic mass is 16.5. The third kappa shape index (κ3) is 4.08. The van der Waals surface area contributed by atoms with Gasteiger partial charge in [-0.25, -0.2) is 0 Å². The number of benzene rings is 1. The first-order valence-corrected chi connectivity index (χ1v) is 9.97. The van der Waals surface area contributed by atoms with Crippen molar-refractivity contribution in [1.82, 2.24) is 19.9 Å². The lowest BCUT2D eigenvalue weighted by molar-refractivity contribution is 0.0623. The first kappa shape index (κ1) is 18.6. The third-order valence-electron chi connectivity index (χ3n) is 6.39. The predicted octanol–water partition coefficient (Wildman–Crippen LogP) is 2.71. The lowest BCUT2D eigenvalue weighted by atomic mass is 9.81. The number of hydrogen-bond acceptors (Lipinski definition) is 6. The zero-order valence-electron chi connectivity index (χ0n) is 16.4. The van der Waals surface area contributed by atoms with Crippen LogP contribution in [0.2, 0.25) is 0 Å². The molecule has 0 N–H and O–H groups in total. The fourth-order valence-electron chi connectivity index (χ4n) is 4.71. The molecule has 146 valence electrons. The van der Waals surface area contributed by atoms with E-state index in [0.29, 0.717) is 24.5 Å². The molecule has 4 rings (SSSR count). The van der Waals surface area contributed by atoms with Crippen molar-refractivity contribution in [2.24, 2.45) is 0 Å². The van der Waals surface area contributed by atoms with E-state index in [1.165, 1.54) is 24.8 Å². The molecule has 2 aliphatic rings. The largest absolute Gasteiger partial charge is 0.384 e. The van der Waals surface area contributed by atoms with Gasteiger partial charge in [-0.3, -0.25) is 9.80 Å². The lowest BCUT2D eigenvalue weighted by Gasteiger charge is -2.43. The van der Waals surface area contributed by atoms with Crippen molar-refractivity contribution in [2.45, 2.75) is 43.7 Å². The van der Waals surface area contributed by atoms with E-state index in [4.69, 9.17) is 9.26 Å². The van der Waals surface area contributed by atoms with Crippen LogP contribution in [0.1, 0.15) is 42.5 Å². The summed E-state index contributed by atoms with van der Waals surface area (Å²) < 4.78 is 10.5. The summed E-state index contributed by atoms with van der Waals surface area (Å²) in [5.74, 6) is 2.11. The molecule has 1 aromatic carbocycles. The quantitative estimate of drug-likeness (QED) is 0.779. The van der Waals surface area contributed by atoms with Crippen LogP contribution in [0.15, 0.2) is 34.9 Å². The average Bonchev–Trinajstić information content (AvgIpc) is 3.27. The van der Waals surface area contributed by atoms with Gasteiger partial charge >= 0.3 is 0 Å². The van der Waals surface area contributed by atoms with Gasteiger partial charge in [-0.2, -0.15) is 4.98 Å². The van der Waals surface area contributed by atoms with Crippen molar-refractivity contribution < 1.29 is 9.26 Å². The summed E-state index contributed by atoms with van der Waals surface area (Å²) in [7, 11) is 3.99. The van der Waals surface area contributed by atoms with Gasteiger partial charge in [-0.1, -0.05) is 35.5 Å². The summed E-state index contributed by atoms with van der Waals surface area (Å²) in [5, 5.41) is 4.04. The van der Waals surface area contributed by atoms with Gasteiger partial charge in [0.05, 0.1) is 13.2 Å². The van der Waals surface area contributed by atoms with Gasteiger partial charge in [0.1, 0.15) is 0 Å². The molecule has 2 aliphatic heterocycles. The molecule has 2 aromatic rings. The zero-order chi connectivity index (χ0) is 18.7. The van der Waals surface area contributed by atoms with E-state index in [9.17, 15) is 0 Å². The zero-order valence-corrected chi connectivity index (χ0v) is 16.4. The monoisotopic (exact) mass is 370 g/mol. The fraction of sp³-hybridized carbons (Fsp3) is 0.619. The summed E-state index contributed by atoms with van der Waals surface area (Å²) in [5.41, 5.74) is 1.83.